The SMILES string of the molecule is C[C@]1(C(=O)O)N[C@H](c2cc(Br)ccc2O)[C@H]2C(=O)N(c3cccc(Cl)c3)C(=O)[C@H]21. The highest BCUT2D eigenvalue weighted by Gasteiger charge is 2.67. The molecule has 2 heterocycles. The monoisotopic (exact) mass is 478 g/mol. The molecule has 2 aromatic rings. The van der Waals surface area contributed by atoms with Crippen LogP contribution in [0.3, 0.4) is 0 Å². The van der Waals surface area contributed by atoms with Crippen LogP contribution < -0.4 is 10.2 Å². The predicted molar refractivity (Wildman–Crippen MR) is 109 cm³/mol. The maximum absolute atomic E-state index is 13.3. The Balaban J connectivity index is 1.86. The van der Waals surface area contributed by atoms with Gasteiger partial charge in [-0.2, -0.15) is 0 Å². The van der Waals surface area contributed by atoms with Gasteiger partial charge in [0.05, 0.1) is 17.5 Å². The summed E-state index contributed by atoms with van der Waals surface area (Å²) in [6, 6.07) is 10.1. The van der Waals surface area contributed by atoms with E-state index >= 15 is 0 Å². The number of carboxylic acids is 1. The standard InChI is InChI=1S/C20H16BrClN2O5/c1-20(19(28)29)15-14(16(23-20)12-7-9(21)5-6-13(12)25)17(26)24(18(15)27)11-4-2-3-10(22)8-11/h2-8,14-16,23,25H,1H3,(H,28,29)/t14-,15-,16+,20-/m0/s1. The Labute approximate surface area is 179 Å². The lowest BCUT2D eigenvalue weighted by molar-refractivity contribution is -0.147. The number of aromatic hydroxyl groups is 1. The van der Waals surface area contributed by atoms with Crippen molar-refractivity contribution in [1.29, 1.82) is 0 Å². The molecule has 0 radical (unpaired) electrons. The average Bonchev–Trinajstić information content (AvgIpc) is 3.11. The zero-order valence-corrected chi connectivity index (χ0v) is 17.4. The van der Waals surface area contributed by atoms with E-state index in [-0.39, 0.29) is 11.4 Å². The van der Waals surface area contributed by atoms with Gasteiger partial charge in [0, 0.05) is 21.1 Å². The van der Waals surface area contributed by atoms with Gasteiger partial charge in [-0.15, -0.1) is 0 Å². The lowest BCUT2D eigenvalue weighted by Gasteiger charge is -2.27. The van der Waals surface area contributed by atoms with E-state index in [1.54, 1.807) is 30.3 Å². The molecular weight excluding hydrogens is 464 g/mol. The molecule has 7 nitrogen and oxygen atoms in total. The first-order valence-electron chi connectivity index (χ1n) is 8.78. The average molecular weight is 480 g/mol. The number of fused-ring (bicyclic) bond motifs is 1. The molecular formula is C20H16BrClN2O5. The van der Waals surface area contributed by atoms with Crippen LogP contribution >= 0.6 is 27.5 Å². The van der Waals surface area contributed by atoms with E-state index in [2.05, 4.69) is 21.2 Å². The lowest BCUT2D eigenvalue weighted by atomic mass is 9.80. The zero-order chi connectivity index (χ0) is 21.1. The van der Waals surface area contributed by atoms with Crippen molar-refractivity contribution in [1.82, 2.24) is 5.32 Å². The van der Waals surface area contributed by atoms with Crippen molar-refractivity contribution in [3.05, 3.63) is 57.5 Å². The van der Waals surface area contributed by atoms with Crippen LogP contribution in [0.1, 0.15) is 18.5 Å². The number of amides is 2. The lowest BCUT2D eigenvalue weighted by Crippen LogP contribution is -2.53. The number of nitrogens with zero attached hydrogens (tertiary/aromatic N) is 1. The van der Waals surface area contributed by atoms with Gasteiger partial charge in [0.1, 0.15) is 11.3 Å². The van der Waals surface area contributed by atoms with Gasteiger partial charge in [-0.05, 0) is 43.3 Å². The second-order valence-corrected chi connectivity index (χ2v) is 8.68. The quantitative estimate of drug-likeness (QED) is 0.584. The minimum atomic E-state index is -1.69. The number of halogens is 2. The summed E-state index contributed by atoms with van der Waals surface area (Å²) in [6.07, 6.45) is 0. The molecule has 2 amide bonds. The van der Waals surface area contributed by atoms with Crippen LogP contribution in [-0.4, -0.2) is 33.5 Å². The molecule has 0 spiro atoms. The van der Waals surface area contributed by atoms with E-state index in [1.165, 1.54) is 19.1 Å². The van der Waals surface area contributed by atoms with Crippen molar-refractivity contribution in [2.75, 3.05) is 4.90 Å². The topological polar surface area (TPSA) is 107 Å². The van der Waals surface area contributed by atoms with Crippen LogP contribution in [-0.2, 0) is 14.4 Å². The number of phenolic OH excluding ortho intramolecular Hbond substituents is 1. The number of rotatable bonds is 3. The maximum Gasteiger partial charge on any atom is 0.324 e. The minimum Gasteiger partial charge on any atom is -0.508 e. The number of aliphatic carboxylic acids is 1. The Morgan fingerprint density at radius 2 is 1.93 bits per heavy atom. The van der Waals surface area contributed by atoms with Crippen LogP contribution in [0.5, 0.6) is 5.75 Å². The fourth-order valence-corrected chi connectivity index (χ4v) is 4.81. The number of anilines is 1. The number of hydrogen-bond acceptors (Lipinski definition) is 5. The second-order valence-electron chi connectivity index (χ2n) is 7.33. The number of carbonyl (C=O) groups is 3. The largest absolute Gasteiger partial charge is 0.508 e. The Bertz CT molecular complexity index is 1060. The molecule has 2 aliphatic rings. The van der Waals surface area contributed by atoms with Gasteiger partial charge in [-0.3, -0.25) is 19.7 Å². The molecule has 0 unspecified atom stereocenters. The number of carboxylic acid groups (broad SMARTS) is 1. The molecule has 2 fully saturated rings. The third-order valence-electron chi connectivity index (χ3n) is 5.62. The number of benzene rings is 2. The first-order chi connectivity index (χ1) is 13.6. The van der Waals surface area contributed by atoms with Crippen molar-refractivity contribution < 1.29 is 24.6 Å². The molecule has 9 heteroatoms. The van der Waals surface area contributed by atoms with E-state index < -0.39 is 41.2 Å². The van der Waals surface area contributed by atoms with Crippen LogP contribution in [0.2, 0.25) is 5.02 Å². The first-order valence-corrected chi connectivity index (χ1v) is 9.95. The molecule has 2 aromatic carbocycles. The van der Waals surface area contributed by atoms with Crippen molar-refractivity contribution in [2.45, 2.75) is 18.5 Å². The first kappa shape index (κ1) is 19.9. The molecule has 150 valence electrons. The third-order valence-corrected chi connectivity index (χ3v) is 6.35. The van der Waals surface area contributed by atoms with Gasteiger partial charge in [0.15, 0.2) is 0 Å². The molecule has 0 aromatic heterocycles. The summed E-state index contributed by atoms with van der Waals surface area (Å²) < 4.78 is 0.649. The van der Waals surface area contributed by atoms with E-state index in [1.807, 2.05) is 0 Å². The number of carbonyl (C=O) groups excluding carboxylic acids is 2. The Morgan fingerprint density at radius 3 is 2.59 bits per heavy atom. The maximum atomic E-state index is 13.3. The molecule has 0 saturated carbocycles. The van der Waals surface area contributed by atoms with Crippen molar-refractivity contribution in [2.24, 2.45) is 11.8 Å². The molecule has 2 aliphatic heterocycles. The highest BCUT2D eigenvalue weighted by Crippen LogP contribution is 2.51. The van der Waals surface area contributed by atoms with Crippen molar-refractivity contribution in [3.8, 4) is 5.75 Å². The van der Waals surface area contributed by atoms with E-state index in [0.29, 0.717) is 15.1 Å². The molecule has 2 saturated heterocycles. The molecule has 4 atom stereocenters. The van der Waals surface area contributed by atoms with Crippen LogP contribution in [0, 0.1) is 11.8 Å². The summed E-state index contributed by atoms with van der Waals surface area (Å²) in [5.41, 5.74) is -1.07. The number of phenols is 1. The van der Waals surface area contributed by atoms with E-state index in [4.69, 9.17) is 11.6 Å². The smallest absolute Gasteiger partial charge is 0.324 e. The normalized spacial score (nSPS) is 28.7. The highest BCUT2D eigenvalue weighted by molar-refractivity contribution is 9.10. The Morgan fingerprint density at radius 1 is 1.21 bits per heavy atom. The van der Waals surface area contributed by atoms with Gasteiger partial charge in [0.25, 0.3) is 0 Å². The van der Waals surface area contributed by atoms with E-state index in [0.717, 1.165) is 4.90 Å². The highest BCUT2D eigenvalue weighted by atomic mass is 79.9. The molecule has 4 rings (SSSR count). The van der Waals surface area contributed by atoms with Crippen molar-refractivity contribution in [3.63, 3.8) is 0 Å². The van der Waals surface area contributed by atoms with E-state index in [9.17, 15) is 24.6 Å². The Hall–Kier alpha value is -2.42. The number of imide groups is 1. The van der Waals surface area contributed by atoms with Gasteiger partial charge < -0.3 is 10.2 Å². The van der Waals surface area contributed by atoms with Gasteiger partial charge in [0.2, 0.25) is 11.8 Å². The molecule has 29 heavy (non-hydrogen) atoms. The number of hydrogen-bond donors (Lipinski definition) is 3. The minimum absolute atomic E-state index is 0.0967. The fraction of sp³-hybridized carbons (Fsp3) is 0.250. The van der Waals surface area contributed by atoms with Crippen LogP contribution in [0.25, 0.3) is 0 Å². The second kappa shape index (κ2) is 6.83. The molecule has 3 N–H and O–H groups in total. The zero-order valence-electron chi connectivity index (χ0n) is 15.1. The van der Waals surface area contributed by atoms with Gasteiger partial charge >= 0.3 is 5.97 Å². The summed E-state index contributed by atoms with van der Waals surface area (Å²) in [4.78, 5) is 39.7. The Kier molecular flexibility index (Phi) is 4.68. The summed E-state index contributed by atoms with van der Waals surface area (Å²) in [7, 11) is 0. The summed E-state index contributed by atoms with van der Waals surface area (Å²) in [5.74, 6) is -4.64. The van der Waals surface area contributed by atoms with Crippen molar-refractivity contribution >= 4 is 51.0 Å². The predicted octanol–water partition coefficient (Wildman–Crippen LogP) is 3.10. The van der Waals surface area contributed by atoms with Crippen LogP contribution in [0.4, 0.5) is 5.69 Å². The van der Waals surface area contributed by atoms with Gasteiger partial charge in [-0.25, -0.2) is 4.90 Å². The molecule has 0 aliphatic carbocycles. The van der Waals surface area contributed by atoms with Gasteiger partial charge in [-0.1, -0.05) is 33.6 Å². The van der Waals surface area contributed by atoms with Crippen LogP contribution in [0.15, 0.2) is 46.9 Å². The third kappa shape index (κ3) is 2.94. The fourth-order valence-electron chi connectivity index (χ4n) is 4.25. The summed E-state index contributed by atoms with van der Waals surface area (Å²) >= 11 is 9.34. The summed E-state index contributed by atoms with van der Waals surface area (Å²) in [6.45, 7) is 1.38. The number of nitrogens with one attached hydrogen (secondary N) is 1. The molecule has 0 bridgehead atoms. The summed E-state index contributed by atoms with van der Waals surface area (Å²) in [5, 5.41) is 23.5.